The van der Waals surface area contributed by atoms with Crippen LogP contribution in [0.2, 0.25) is 10.0 Å². The SMILES string of the molecule is O=C1COc2ccc(-c3csc(=Nc4ccc(Cl)c(Cl)c4)n3C3CCCC3)cc2N1. The number of thiazole rings is 1. The molecular formula is C22H19Cl2N3O2S. The van der Waals surface area contributed by atoms with Crippen LogP contribution in [0.25, 0.3) is 11.3 Å². The number of carbonyl (C=O) groups excluding carboxylic acids is 1. The zero-order valence-corrected chi connectivity index (χ0v) is 18.4. The minimum absolute atomic E-state index is 0.0551. The summed E-state index contributed by atoms with van der Waals surface area (Å²) in [6.45, 7) is 0.0551. The van der Waals surface area contributed by atoms with Crippen LogP contribution in [-0.2, 0) is 4.79 Å². The van der Waals surface area contributed by atoms with Crippen molar-refractivity contribution in [1.82, 2.24) is 4.57 Å². The Kier molecular flexibility index (Phi) is 5.31. The molecule has 0 bridgehead atoms. The van der Waals surface area contributed by atoms with Crippen LogP contribution in [0, 0.1) is 0 Å². The highest BCUT2D eigenvalue weighted by Crippen LogP contribution is 2.37. The molecule has 0 radical (unpaired) electrons. The quantitative estimate of drug-likeness (QED) is 0.506. The first-order chi connectivity index (χ1) is 14.6. The fourth-order valence-corrected chi connectivity index (χ4v) is 5.31. The number of halogens is 2. The van der Waals surface area contributed by atoms with E-state index in [-0.39, 0.29) is 12.5 Å². The third-order valence-electron chi connectivity index (χ3n) is 5.47. The van der Waals surface area contributed by atoms with Gasteiger partial charge >= 0.3 is 0 Å². The van der Waals surface area contributed by atoms with Gasteiger partial charge in [0.25, 0.3) is 5.91 Å². The molecule has 1 aliphatic carbocycles. The van der Waals surface area contributed by atoms with E-state index in [9.17, 15) is 4.79 Å². The van der Waals surface area contributed by atoms with Crippen LogP contribution in [0.4, 0.5) is 11.4 Å². The number of carbonyl (C=O) groups is 1. The van der Waals surface area contributed by atoms with Gasteiger partial charge in [0.1, 0.15) is 5.75 Å². The largest absolute Gasteiger partial charge is 0.482 e. The van der Waals surface area contributed by atoms with Crippen molar-refractivity contribution >= 4 is 51.8 Å². The Bertz CT molecular complexity index is 1200. The lowest BCUT2D eigenvalue weighted by Crippen LogP contribution is -2.25. The van der Waals surface area contributed by atoms with Crippen molar-refractivity contribution in [2.24, 2.45) is 4.99 Å². The number of fused-ring (bicyclic) bond motifs is 1. The summed E-state index contributed by atoms with van der Waals surface area (Å²) < 4.78 is 7.83. The van der Waals surface area contributed by atoms with Crippen molar-refractivity contribution in [1.29, 1.82) is 0 Å². The molecule has 8 heteroatoms. The molecule has 1 saturated carbocycles. The van der Waals surface area contributed by atoms with E-state index in [0.717, 1.165) is 34.6 Å². The maximum Gasteiger partial charge on any atom is 0.262 e. The summed E-state index contributed by atoms with van der Waals surface area (Å²) in [7, 11) is 0. The van der Waals surface area contributed by atoms with E-state index in [4.69, 9.17) is 32.9 Å². The summed E-state index contributed by atoms with van der Waals surface area (Å²) in [6.07, 6.45) is 4.69. The number of aromatic nitrogens is 1. The first-order valence-electron chi connectivity index (χ1n) is 9.85. The summed E-state index contributed by atoms with van der Waals surface area (Å²) >= 11 is 13.8. The Morgan fingerprint density at radius 1 is 1.10 bits per heavy atom. The molecule has 1 aromatic heterocycles. The maximum absolute atomic E-state index is 11.7. The molecule has 0 unspecified atom stereocenters. The van der Waals surface area contributed by atoms with Crippen molar-refractivity contribution in [3.8, 4) is 17.0 Å². The molecule has 1 fully saturated rings. The number of amides is 1. The zero-order valence-electron chi connectivity index (χ0n) is 16.0. The van der Waals surface area contributed by atoms with E-state index in [2.05, 4.69) is 15.3 Å². The molecule has 1 amide bonds. The molecule has 0 atom stereocenters. The molecule has 0 saturated heterocycles. The summed E-state index contributed by atoms with van der Waals surface area (Å²) in [4.78, 5) is 17.5. The molecule has 2 heterocycles. The Morgan fingerprint density at radius 2 is 1.93 bits per heavy atom. The lowest BCUT2D eigenvalue weighted by molar-refractivity contribution is -0.118. The van der Waals surface area contributed by atoms with Gasteiger partial charge in [-0.25, -0.2) is 4.99 Å². The number of benzene rings is 2. The highest BCUT2D eigenvalue weighted by Gasteiger charge is 2.23. The zero-order chi connectivity index (χ0) is 20.7. The molecule has 5 rings (SSSR count). The second kappa shape index (κ2) is 8.10. The first kappa shape index (κ1) is 19.7. The Hall–Kier alpha value is -2.28. The minimum atomic E-state index is -0.135. The van der Waals surface area contributed by atoms with Crippen LogP contribution < -0.4 is 14.9 Å². The van der Waals surface area contributed by atoms with E-state index >= 15 is 0 Å². The van der Waals surface area contributed by atoms with Gasteiger partial charge in [-0.05, 0) is 49.2 Å². The van der Waals surface area contributed by atoms with Crippen LogP contribution in [-0.4, -0.2) is 17.1 Å². The van der Waals surface area contributed by atoms with Crippen molar-refractivity contribution in [3.63, 3.8) is 0 Å². The summed E-state index contributed by atoms with van der Waals surface area (Å²) in [5, 5.41) is 6.03. The molecule has 2 aromatic carbocycles. The predicted molar refractivity (Wildman–Crippen MR) is 121 cm³/mol. The van der Waals surface area contributed by atoms with Gasteiger partial charge in [0, 0.05) is 17.0 Å². The molecule has 30 heavy (non-hydrogen) atoms. The molecular weight excluding hydrogens is 441 g/mol. The lowest BCUT2D eigenvalue weighted by atomic mass is 10.1. The number of nitrogens with zero attached hydrogens (tertiary/aromatic N) is 2. The molecule has 154 valence electrons. The van der Waals surface area contributed by atoms with Crippen LogP contribution in [0.1, 0.15) is 31.7 Å². The average Bonchev–Trinajstić information content (AvgIpc) is 3.40. The molecule has 3 aromatic rings. The van der Waals surface area contributed by atoms with Crippen LogP contribution in [0.15, 0.2) is 46.8 Å². The number of nitrogens with one attached hydrogen (secondary N) is 1. The van der Waals surface area contributed by atoms with Gasteiger partial charge in [-0.3, -0.25) is 4.79 Å². The number of anilines is 1. The minimum Gasteiger partial charge on any atom is -0.482 e. The van der Waals surface area contributed by atoms with Gasteiger partial charge in [0.05, 0.1) is 27.1 Å². The number of rotatable bonds is 3. The summed E-state index contributed by atoms with van der Waals surface area (Å²) in [5.74, 6) is 0.561. The topological polar surface area (TPSA) is 55.6 Å². The smallest absolute Gasteiger partial charge is 0.262 e. The van der Waals surface area contributed by atoms with Crippen LogP contribution >= 0.6 is 34.5 Å². The lowest BCUT2D eigenvalue weighted by Gasteiger charge is -2.20. The number of ether oxygens (including phenoxy) is 1. The number of hydrogen-bond acceptors (Lipinski definition) is 4. The average molecular weight is 460 g/mol. The fourth-order valence-electron chi connectivity index (χ4n) is 4.04. The normalized spacial score (nSPS) is 17.0. The molecule has 2 aliphatic rings. The van der Waals surface area contributed by atoms with Crippen molar-refractivity contribution in [2.45, 2.75) is 31.7 Å². The van der Waals surface area contributed by atoms with E-state index < -0.39 is 0 Å². The third-order valence-corrected chi connectivity index (χ3v) is 7.05. The van der Waals surface area contributed by atoms with Gasteiger partial charge in [-0.1, -0.05) is 36.0 Å². The van der Waals surface area contributed by atoms with Gasteiger partial charge in [0.15, 0.2) is 11.4 Å². The van der Waals surface area contributed by atoms with E-state index in [1.165, 1.54) is 12.8 Å². The van der Waals surface area contributed by atoms with E-state index in [1.54, 1.807) is 23.5 Å². The molecule has 0 spiro atoms. The first-order valence-corrected chi connectivity index (χ1v) is 11.5. The highest BCUT2D eigenvalue weighted by atomic mass is 35.5. The Morgan fingerprint density at radius 3 is 2.73 bits per heavy atom. The van der Waals surface area contributed by atoms with Crippen LogP contribution in [0.3, 0.4) is 0 Å². The Labute approximate surface area is 187 Å². The summed E-state index contributed by atoms with van der Waals surface area (Å²) in [6, 6.07) is 11.7. The van der Waals surface area contributed by atoms with Gasteiger partial charge in [0.2, 0.25) is 0 Å². The van der Waals surface area contributed by atoms with Crippen LogP contribution in [0.5, 0.6) is 5.75 Å². The molecule has 1 N–H and O–H groups in total. The van der Waals surface area contributed by atoms with E-state index in [1.807, 2.05) is 24.3 Å². The summed E-state index contributed by atoms with van der Waals surface area (Å²) in [5.41, 5.74) is 3.60. The molecule has 1 aliphatic heterocycles. The third kappa shape index (κ3) is 3.75. The monoisotopic (exact) mass is 459 g/mol. The molecule has 5 nitrogen and oxygen atoms in total. The van der Waals surface area contributed by atoms with Crippen molar-refractivity contribution in [3.05, 3.63) is 56.6 Å². The second-order valence-corrected chi connectivity index (χ2v) is 9.12. The number of hydrogen-bond donors (Lipinski definition) is 1. The van der Waals surface area contributed by atoms with Gasteiger partial charge in [-0.2, -0.15) is 0 Å². The van der Waals surface area contributed by atoms with Gasteiger partial charge < -0.3 is 14.6 Å². The van der Waals surface area contributed by atoms with E-state index in [0.29, 0.717) is 27.5 Å². The predicted octanol–water partition coefficient (Wildman–Crippen LogP) is 6.20. The maximum atomic E-state index is 11.7. The highest BCUT2D eigenvalue weighted by molar-refractivity contribution is 7.07. The van der Waals surface area contributed by atoms with Crippen molar-refractivity contribution < 1.29 is 9.53 Å². The Balaban J connectivity index is 1.63. The fraction of sp³-hybridized carbons (Fsp3) is 0.273. The standard InChI is InChI=1S/C22H19Cl2N3O2S/c23-16-7-6-14(10-17(16)24)25-22-27(15-3-1-2-4-15)19(12-30-22)13-5-8-20-18(9-13)26-21(28)11-29-20/h5-10,12,15H,1-4,11H2,(H,26,28). The second-order valence-electron chi connectivity index (χ2n) is 7.47. The van der Waals surface area contributed by atoms with Crippen molar-refractivity contribution in [2.75, 3.05) is 11.9 Å². The van der Waals surface area contributed by atoms with Gasteiger partial charge in [-0.15, -0.1) is 11.3 Å².